The molecule has 1 unspecified atom stereocenters. The number of fused-ring (bicyclic) bond motifs is 1. The Hall–Kier alpha value is -2.72. The third kappa shape index (κ3) is 2.69. The quantitative estimate of drug-likeness (QED) is 0.754. The van der Waals surface area contributed by atoms with Crippen LogP contribution in [-0.4, -0.2) is 23.2 Å². The summed E-state index contributed by atoms with van der Waals surface area (Å²) < 4.78 is 4.72. The van der Waals surface area contributed by atoms with Gasteiger partial charge in [0.25, 0.3) is 0 Å². The molecule has 1 heterocycles. The fourth-order valence-electron chi connectivity index (χ4n) is 2.41. The molecule has 1 atom stereocenters. The predicted molar refractivity (Wildman–Crippen MR) is 83.6 cm³/mol. The Labute approximate surface area is 128 Å². The number of nitrogens with zero attached hydrogens (tertiary/aromatic N) is 1. The van der Waals surface area contributed by atoms with Gasteiger partial charge in [-0.3, -0.25) is 4.98 Å². The topological polar surface area (TPSA) is 59.4 Å². The Morgan fingerprint density at radius 1 is 1.09 bits per heavy atom. The zero-order valence-corrected chi connectivity index (χ0v) is 12.1. The normalized spacial score (nSPS) is 12.1. The average Bonchev–Trinajstić information content (AvgIpc) is 2.60. The molecule has 0 saturated heterocycles. The van der Waals surface area contributed by atoms with E-state index < -0.39 is 6.10 Å². The first-order valence-corrected chi connectivity index (χ1v) is 6.89. The summed E-state index contributed by atoms with van der Waals surface area (Å²) in [6.45, 7) is 0. The molecule has 110 valence electrons. The van der Waals surface area contributed by atoms with Gasteiger partial charge in [0.1, 0.15) is 6.10 Å². The van der Waals surface area contributed by atoms with Crippen LogP contribution < -0.4 is 0 Å². The second-order valence-corrected chi connectivity index (χ2v) is 5.00. The Bertz CT molecular complexity index is 815. The van der Waals surface area contributed by atoms with Gasteiger partial charge in [0, 0.05) is 18.0 Å². The number of benzene rings is 2. The third-order valence-corrected chi connectivity index (χ3v) is 3.60. The second-order valence-electron chi connectivity index (χ2n) is 5.00. The van der Waals surface area contributed by atoms with Crippen molar-refractivity contribution in [2.45, 2.75) is 6.10 Å². The maximum atomic E-state index is 11.5. The SMILES string of the molecule is COC(=O)c1ccc2cc(C(O)c3cccnc3)ccc2c1. The van der Waals surface area contributed by atoms with E-state index in [2.05, 4.69) is 4.98 Å². The number of esters is 1. The summed E-state index contributed by atoms with van der Waals surface area (Å²) >= 11 is 0. The van der Waals surface area contributed by atoms with Crippen LogP contribution in [0.5, 0.6) is 0 Å². The molecule has 0 saturated carbocycles. The second kappa shape index (κ2) is 5.95. The minimum absolute atomic E-state index is 0.360. The van der Waals surface area contributed by atoms with Crippen LogP contribution in [0.1, 0.15) is 27.6 Å². The minimum atomic E-state index is -0.724. The molecule has 0 spiro atoms. The molecule has 4 nitrogen and oxygen atoms in total. The molecule has 0 fully saturated rings. The van der Waals surface area contributed by atoms with Gasteiger partial charge in [-0.1, -0.05) is 24.3 Å². The zero-order valence-electron chi connectivity index (χ0n) is 12.1. The van der Waals surface area contributed by atoms with E-state index in [-0.39, 0.29) is 5.97 Å². The zero-order chi connectivity index (χ0) is 15.5. The first kappa shape index (κ1) is 14.2. The summed E-state index contributed by atoms with van der Waals surface area (Å²) in [5.74, 6) is -0.360. The highest BCUT2D eigenvalue weighted by molar-refractivity contribution is 5.95. The summed E-state index contributed by atoms with van der Waals surface area (Å²) in [4.78, 5) is 15.6. The van der Waals surface area contributed by atoms with Crippen LogP contribution in [0.15, 0.2) is 60.9 Å². The Balaban J connectivity index is 1.98. The smallest absolute Gasteiger partial charge is 0.337 e. The van der Waals surface area contributed by atoms with E-state index in [0.717, 1.165) is 21.9 Å². The molecule has 0 amide bonds. The molecule has 22 heavy (non-hydrogen) atoms. The average molecular weight is 293 g/mol. The Morgan fingerprint density at radius 3 is 2.59 bits per heavy atom. The first-order chi connectivity index (χ1) is 10.7. The molecule has 0 aliphatic carbocycles. The molecular formula is C18H15NO3. The monoisotopic (exact) mass is 293 g/mol. The fraction of sp³-hybridized carbons (Fsp3) is 0.111. The van der Waals surface area contributed by atoms with Crippen molar-refractivity contribution in [2.75, 3.05) is 7.11 Å². The molecule has 4 heteroatoms. The summed E-state index contributed by atoms with van der Waals surface area (Å²) in [5.41, 5.74) is 2.04. The number of methoxy groups -OCH3 is 1. The number of aromatic nitrogens is 1. The molecule has 3 aromatic rings. The van der Waals surface area contributed by atoms with Crippen LogP contribution in [0.25, 0.3) is 10.8 Å². The van der Waals surface area contributed by atoms with Crippen molar-refractivity contribution in [3.63, 3.8) is 0 Å². The maximum Gasteiger partial charge on any atom is 0.337 e. The van der Waals surface area contributed by atoms with Crippen molar-refractivity contribution >= 4 is 16.7 Å². The lowest BCUT2D eigenvalue weighted by Crippen LogP contribution is -2.01. The first-order valence-electron chi connectivity index (χ1n) is 6.89. The summed E-state index contributed by atoms with van der Waals surface area (Å²) in [7, 11) is 1.36. The van der Waals surface area contributed by atoms with Crippen LogP contribution >= 0.6 is 0 Å². The molecule has 3 rings (SSSR count). The van der Waals surface area contributed by atoms with Gasteiger partial charge in [0.15, 0.2) is 0 Å². The lowest BCUT2D eigenvalue weighted by Gasteiger charge is -2.12. The fourth-order valence-corrected chi connectivity index (χ4v) is 2.41. The molecular weight excluding hydrogens is 278 g/mol. The predicted octanol–water partition coefficient (Wildman–Crippen LogP) is 3.10. The maximum absolute atomic E-state index is 11.5. The van der Waals surface area contributed by atoms with E-state index in [9.17, 15) is 9.90 Å². The molecule has 0 aliphatic rings. The van der Waals surface area contributed by atoms with Gasteiger partial charge in [-0.15, -0.1) is 0 Å². The third-order valence-electron chi connectivity index (χ3n) is 3.60. The summed E-state index contributed by atoms with van der Waals surface area (Å²) in [5, 5.41) is 12.3. The number of aliphatic hydroxyl groups is 1. The lowest BCUT2D eigenvalue weighted by molar-refractivity contribution is 0.0601. The highest BCUT2D eigenvalue weighted by atomic mass is 16.5. The molecule has 0 radical (unpaired) electrons. The summed E-state index contributed by atoms with van der Waals surface area (Å²) in [6, 6.07) is 14.6. The minimum Gasteiger partial charge on any atom is -0.465 e. The van der Waals surface area contributed by atoms with Crippen LogP contribution in [0.2, 0.25) is 0 Å². The van der Waals surface area contributed by atoms with E-state index in [0.29, 0.717) is 5.56 Å². The van der Waals surface area contributed by atoms with Gasteiger partial charge >= 0.3 is 5.97 Å². The number of carbonyl (C=O) groups excluding carboxylic acids is 1. The van der Waals surface area contributed by atoms with E-state index in [4.69, 9.17) is 4.74 Å². The molecule has 1 N–H and O–H groups in total. The van der Waals surface area contributed by atoms with Gasteiger partial charge in [-0.05, 0) is 40.6 Å². The van der Waals surface area contributed by atoms with Gasteiger partial charge in [-0.2, -0.15) is 0 Å². The lowest BCUT2D eigenvalue weighted by atomic mass is 9.98. The van der Waals surface area contributed by atoms with Crippen LogP contribution in [-0.2, 0) is 4.74 Å². The van der Waals surface area contributed by atoms with Crippen molar-refractivity contribution in [1.29, 1.82) is 0 Å². The molecule has 2 aromatic carbocycles. The van der Waals surface area contributed by atoms with Crippen molar-refractivity contribution in [3.8, 4) is 0 Å². The van der Waals surface area contributed by atoms with E-state index >= 15 is 0 Å². The molecule has 0 aliphatic heterocycles. The number of hydrogen-bond acceptors (Lipinski definition) is 4. The van der Waals surface area contributed by atoms with Crippen molar-refractivity contribution in [2.24, 2.45) is 0 Å². The molecule has 0 bridgehead atoms. The van der Waals surface area contributed by atoms with Gasteiger partial charge in [0.05, 0.1) is 12.7 Å². The van der Waals surface area contributed by atoms with Crippen molar-refractivity contribution in [1.82, 2.24) is 4.98 Å². The number of aliphatic hydroxyl groups excluding tert-OH is 1. The number of carbonyl (C=O) groups is 1. The largest absolute Gasteiger partial charge is 0.465 e. The van der Waals surface area contributed by atoms with Crippen molar-refractivity contribution in [3.05, 3.63) is 77.6 Å². The van der Waals surface area contributed by atoms with Gasteiger partial charge in [-0.25, -0.2) is 4.79 Å². The van der Waals surface area contributed by atoms with Gasteiger partial charge in [0.2, 0.25) is 0 Å². The van der Waals surface area contributed by atoms with E-state index in [1.165, 1.54) is 7.11 Å². The van der Waals surface area contributed by atoms with Crippen LogP contribution in [0.3, 0.4) is 0 Å². The molecule has 1 aromatic heterocycles. The number of rotatable bonds is 3. The van der Waals surface area contributed by atoms with E-state index in [1.807, 2.05) is 30.3 Å². The number of ether oxygens (including phenoxy) is 1. The number of hydrogen-bond donors (Lipinski definition) is 1. The van der Waals surface area contributed by atoms with Crippen molar-refractivity contribution < 1.29 is 14.6 Å². The van der Waals surface area contributed by atoms with Gasteiger partial charge < -0.3 is 9.84 Å². The highest BCUT2D eigenvalue weighted by Gasteiger charge is 2.12. The van der Waals surface area contributed by atoms with E-state index in [1.54, 1.807) is 30.6 Å². The Kier molecular flexibility index (Phi) is 3.85. The number of pyridine rings is 1. The van der Waals surface area contributed by atoms with Crippen LogP contribution in [0.4, 0.5) is 0 Å². The summed E-state index contributed by atoms with van der Waals surface area (Å²) in [6.07, 6.45) is 2.60. The standard InChI is InChI=1S/C18H15NO3/c1-22-18(21)15-7-5-12-9-14(6-4-13(12)10-15)17(20)16-3-2-8-19-11-16/h2-11,17,20H,1H3. The van der Waals surface area contributed by atoms with Crippen LogP contribution in [0, 0.1) is 0 Å². The Morgan fingerprint density at radius 2 is 1.86 bits per heavy atom. The highest BCUT2D eigenvalue weighted by Crippen LogP contribution is 2.25.